The van der Waals surface area contributed by atoms with E-state index in [-0.39, 0.29) is 6.03 Å². The maximum Gasteiger partial charge on any atom is 0.321 e. The summed E-state index contributed by atoms with van der Waals surface area (Å²) < 4.78 is 1.93. The number of para-hydroxylation sites is 1. The molecule has 1 saturated heterocycles. The second kappa shape index (κ2) is 6.78. The van der Waals surface area contributed by atoms with Crippen LogP contribution in [-0.2, 0) is 6.54 Å². The van der Waals surface area contributed by atoms with Crippen LogP contribution in [0.25, 0.3) is 11.4 Å². The molecule has 122 valence electrons. The Balaban J connectivity index is 1.82. The zero-order valence-corrected chi connectivity index (χ0v) is 13.1. The summed E-state index contributed by atoms with van der Waals surface area (Å²) >= 11 is 0. The molecule has 1 unspecified atom stereocenters. The van der Waals surface area contributed by atoms with Crippen molar-refractivity contribution in [3.05, 3.63) is 30.6 Å². The van der Waals surface area contributed by atoms with E-state index >= 15 is 0 Å². The number of rotatable bonds is 3. The van der Waals surface area contributed by atoms with E-state index in [0.717, 1.165) is 30.8 Å². The number of aliphatic hydroxyl groups excluding tert-OH is 1. The molecular weight excluding hydrogens is 294 g/mol. The van der Waals surface area contributed by atoms with Gasteiger partial charge in [0.15, 0.2) is 5.82 Å². The van der Waals surface area contributed by atoms with Crippen LogP contribution in [-0.4, -0.2) is 50.0 Å². The minimum Gasteiger partial charge on any atom is -0.391 e. The van der Waals surface area contributed by atoms with Crippen molar-refractivity contribution in [2.45, 2.75) is 32.4 Å². The fraction of sp³-hybridized carbons (Fsp3) is 0.438. The monoisotopic (exact) mass is 315 g/mol. The van der Waals surface area contributed by atoms with Gasteiger partial charge in [0, 0.05) is 25.2 Å². The van der Waals surface area contributed by atoms with Crippen molar-refractivity contribution in [2.24, 2.45) is 0 Å². The molecule has 1 aliphatic rings. The molecular formula is C16H21N5O2. The molecule has 1 aromatic heterocycles. The number of β-amino-alcohol motifs (C(OH)–C–C–N with tert-alkyl or cyclic N) is 1. The van der Waals surface area contributed by atoms with Gasteiger partial charge in [-0.1, -0.05) is 12.1 Å². The molecule has 0 spiro atoms. The Kier molecular flexibility index (Phi) is 4.57. The highest BCUT2D eigenvalue weighted by Gasteiger charge is 2.23. The van der Waals surface area contributed by atoms with Gasteiger partial charge in [-0.15, -0.1) is 10.2 Å². The van der Waals surface area contributed by atoms with E-state index in [1.54, 1.807) is 11.2 Å². The minimum atomic E-state index is -0.437. The number of amides is 2. The number of benzene rings is 1. The number of urea groups is 1. The zero-order chi connectivity index (χ0) is 16.2. The maximum atomic E-state index is 12.5. The summed E-state index contributed by atoms with van der Waals surface area (Å²) in [6.07, 6.45) is 2.81. The second-order valence-corrected chi connectivity index (χ2v) is 5.66. The third-order valence-corrected chi connectivity index (χ3v) is 4.05. The molecule has 2 aromatic rings. The molecule has 1 fully saturated rings. The third-order valence-electron chi connectivity index (χ3n) is 4.05. The summed E-state index contributed by atoms with van der Waals surface area (Å²) in [5.74, 6) is 0.724. The smallest absolute Gasteiger partial charge is 0.321 e. The van der Waals surface area contributed by atoms with Gasteiger partial charge >= 0.3 is 6.03 Å². The van der Waals surface area contributed by atoms with E-state index in [0.29, 0.717) is 18.8 Å². The Morgan fingerprint density at radius 3 is 3.04 bits per heavy atom. The van der Waals surface area contributed by atoms with E-state index in [2.05, 4.69) is 15.5 Å². The number of aryl methyl sites for hydroxylation is 1. The lowest BCUT2D eigenvalue weighted by Gasteiger charge is -2.30. The van der Waals surface area contributed by atoms with Crippen molar-refractivity contribution in [1.82, 2.24) is 19.7 Å². The summed E-state index contributed by atoms with van der Waals surface area (Å²) in [7, 11) is 0. The number of aromatic nitrogens is 3. The molecule has 2 N–H and O–H groups in total. The topological polar surface area (TPSA) is 83.3 Å². The van der Waals surface area contributed by atoms with Crippen LogP contribution in [0.15, 0.2) is 30.6 Å². The van der Waals surface area contributed by atoms with Crippen molar-refractivity contribution in [1.29, 1.82) is 0 Å². The molecule has 2 amide bonds. The summed E-state index contributed by atoms with van der Waals surface area (Å²) in [4.78, 5) is 14.1. The minimum absolute atomic E-state index is 0.196. The van der Waals surface area contributed by atoms with Crippen LogP contribution in [0, 0.1) is 0 Å². The molecule has 2 heterocycles. The van der Waals surface area contributed by atoms with Crippen LogP contribution >= 0.6 is 0 Å². The highest BCUT2D eigenvalue weighted by Crippen LogP contribution is 2.26. The number of hydrogen-bond acceptors (Lipinski definition) is 4. The summed E-state index contributed by atoms with van der Waals surface area (Å²) in [5, 5.41) is 20.8. The van der Waals surface area contributed by atoms with Crippen LogP contribution < -0.4 is 5.32 Å². The van der Waals surface area contributed by atoms with Gasteiger partial charge in [0.05, 0.1) is 11.8 Å². The lowest BCUT2D eigenvalue weighted by atomic mass is 10.1. The number of aliphatic hydroxyl groups is 1. The van der Waals surface area contributed by atoms with E-state index in [1.165, 1.54) is 0 Å². The van der Waals surface area contributed by atoms with Crippen molar-refractivity contribution in [3.63, 3.8) is 0 Å². The lowest BCUT2D eigenvalue weighted by Crippen LogP contribution is -2.44. The number of anilines is 1. The van der Waals surface area contributed by atoms with Crippen molar-refractivity contribution < 1.29 is 9.90 Å². The highest BCUT2D eigenvalue weighted by molar-refractivity contribution is 5.93. The van der Waals surface area contributed by atoms with Gasteiger partial charge in [-0.05, 0) is 31.9 Å². The first kappa shape index (κ1) is 15.5. The van der Waals surface area contributed by atoms with Gasteiger partial charge in [0.25, 0.3) is 0 Å². The Hall–Kier alpha value is -2.41. The Morgan fingerprint density at radius 1 is 1.43 bits per heavy atom. The summed E-state index contributed by atoms with van der Waals surface area (Å²) in [6.45, 7) is 3.81. The first-order chi connectivity index (χ1) is 11.2. The van der Waals surface area contributed by atoms with Crippen molar-refractivity contribution in [2.75, 3.05) is 18.4 Å². The number of carbonyl (C=O) groups excluding carboxylic acids is 1. The zero-order valence-electron chi connectivity index (χ0n) is 13.1. The largest absolute Gasteiger partial charge is 0.391 e. The van der Waals surface area contributed by atoms with Gasteiger partial charge in [-0.2, -0.15) is 0 Å². The average Bonchev–Trinajstić information content (AvgIpc) is 3.04. The normalized spacial score (nSPS) is 18.0. The molecule has 1 aromatic carbocycles. The van der Waals surface area contributed by atoms with Gasteiger partial charge < -0.3 is 19.9 Å². The van der Waals surface area contributed by atoms with E-state index < -0.39 is 6.10 Å². The first-order valence-electron chi connectivity index (χ1n) is 7.90. The number of likely N-dealkylation sites (tertiary alicyclic amines) is 1. The molecule has 7 nitrogen and oxygen atoms in total. The summed E-state index contributed by atoms with van der Waals surface area (Å²) in [5.41, 5.74) is 1.53. The van der Waals surface area contributed by atoms with E-state index in [4.69, 9.17) is 0 Å². The van der Waals surface area contributed by atoms with Crippen LogP contribution in [0.5, 0.6) is 0 Å². The predicted octanol–water partition coefficient (Wildman–Crippen LogP) is 1.95. The molecule has 3 rings (SSSR count). The Bertz CT molecular complexity index is 685. The third kappa shape index (κ3) is 3.34. The highest BCUT2D eigenvalue weighted by atomic mass is 16.3. The Morgan fingerprint density at radius 2 is 2.26 bits per heavy atom. The fourth-order valence-corrected chi connectivity index (χ4v) is 2.82. The number of piperidine rings is 1. The maximum absolute atomic E-state index is 12.5. The lowest BCUT2D eigenvalue weighted by molar-refractivity contribution is 0.0883. The van der Waals surface area contributed by atoms with Gasteiger partial charge in [-0.25, -0.2) is 4.79 Å². The van der Waals surface area contributed by atoms with Crippen LogP contribution in [0.4, 0.5) is 10.5 Å². The van der Waals surface area contributed by atoms with Gasteiger partial charge in [-0.3, -0.25) is 0 Å². The fourth-order valence-electron chi connectivity index (χ4n) is 2.82. The molecule has 23 heavy (non-hydrogen) atoms. The molecule has 0 radical (unpaired) electrons. The number of hydrogen-bond donors (Lipinski definition) is 2. The molecule has 7 heteroatoms. The SMILES string of the molecule is CCn1cnnc1-c1ccccc1NC(=O)N1CCCC(O)C1. The number of nitrogens with one attached hydrogen (secondary N) is 1. The van der Waals surface area contributed by atoms with E-state index in [9.17, 15) is 9.90 Å². The second-order valence-electron chi connectivity index (χ2n) is 5.66. The van der Waals surface area contributed by atoms with Crippen LogP contribution in [0.1, 0.15) is 19.8 Å². The Labute approximate surface area is 134 Å². The standard InChI is InChI=1S/C16H21N5O2/c1-2-20-11-17-19-15(20)13-7-3-4-8-14(13)18-16(23)21-9-5-6-12(22)10-21/h3-4,7-8,11-12,22H,2,5-6,9-10H2,1H3,(H,18,23). The number of carbonyl (C=O) groups is 1. The van der Waals surface area contributed by atoms with E-state index in [1.807, 2.05) is 35.8 Å². The van der Waals surface area contributed by atoms with Crippen molar-refractivity contribution >= 4 is 11.7 Å². The van der Waals surface area contributed by atoms with Gasteiger partial charge in [0.2, 0.25) is 0 Å². The van der Waals surface area contributed by atoms with Crippen LogP contribution in [0.2, 0.25) is 0 Å². The molecule has 0 aliphatic carbocycles. The molecule has 1 atom stereocenters. The quantitative estimate of drug-likeness (QED) is 0.907. The summed E-state index contributed by atoms with van der Waals surface area (Å²) in [6, 6.07) is 7.35. The molecule has 1 aliphatic heterocycles. The molecule has 0 saturated carbocycles. The first-order valence-corrected chi connectivity index (χ1v) is 7.90. The predicted molar refractivity (Wildman–Crippen MR) is 87.0 cm³/mol. The van der Waals surface area contributed by atoms with Crippen LogP contribution in [0.3, 0.4) is 0 Å². The average molecular weight is 315 g/mol. The molecule has 0 bridgehead atoms. The van der Waals surface area contributed by atoms with Gasteiger partial charge in [0.1, 0.15) is 6.33 Å². The van der Waals surface area contributed by atoms with Crippen molar-refractivity contribution in [3.8, 4) is 11.4 Å². The number of nitrogens with zero attached hydrogens (tertiary/aromatic N) is 4.